The third-order valence-corrected chi connectivity index (χ3v) is 4.18. The quantitative estimate of drug-likeness (QED) is 0.852. The number of nitrogens with zero attached hydrogens (tertiary/aromatic N) is 4. The molecule has 1 aliphatic heterocycles. The maximum atomic E-state index is 12.6. The standard InChI is InChI=1S/C17H20N4O5/c1-10(17(23)24)9-20(3)16(22)15-11(2)21(19-18-15)12-4-5-13-14(8-12)26-7-6-25-13/h4-5,8,10H,6-7,9H2,1-3H3,(H,23,24). The van der Waals surface area contributed by atoms with Crippen LogP contribution in [-0.4, -0.2) is 63.7 Å². The number of carbonyl (C=O) groups excluding carboxylic acids is 1. The number of hydrogen-bond acceptors (Lipinski definition) is 6. The molecular formula is C17H20N4O5. The van der Waals surface area contributed by atoms with Crippen LogP contribution in [0.2, 0.25) is 0 Å². The Bertz CT molecular complexity index is 848. The molecule has 0 spiro atoms. The molecule has 1 N–H and O–H groups in total. The molecule has 2 aromatic rings. The van der Waals surface area contributed by atoms with Crippen molar-refractivity contribution < 1.29 is 24.2 Å². The largest absolute Gasteiger partial charge is 0.486 e. The second-order valence-electron chi connectivity index (χ2n) is 6.19. The molecule has 0 radical (unpaired) electrons. The van der Waals surface area contributed by atoms with Gasteiger partial charge >= 0.3 is 5.97 Å². The Hall–Kier alpha value is -3.10. The van der Waals surface area contributed by atoms with Crippen LogP contribution in [0.1, 0.15) is 23.1 Å². The van der Waals surface area contributed by atoms with Crippen molar-refractivity contribution in [2.75, 3.05) is 26.8 Å². The van der Waals surface area contributed by atoms with Gasteiger partial charge in [0.25, 0.3) is 5.91 Å². The predicted molar refractivity (Wildman–Crippen MR) is 90.8 cm³/mol. The van der Waals surface area contributed by atoms with Crippen LogP contribution >= 0.6 is 0 Å². The van der Waals surface area contributed by atoms with E-state index in [2.05, 4.69) is 10.3 Å². The van der Waals surface area contributed by atoms with Crippen LogP contribution in [0, 0.1) is 12.8 Å². The van der Waals surface area contributed by atoms with Gasteiger partial charge in [0.2, 0.25) is 0 Å². The molecule has 1 aromatic heterocycles. The fourth-order valence-corrected chi connectivity index (χ4v) is 2.69. The van der Waals surface area contributed by atoms with E-state index in [-0.39, 0.29) is 18.1 Å². The van der Waals surface area contributed by atoms with Crippen molar-refractivity contribution in [2.24, 2.45) is 5.92 Å². The number of carbonyl (C=O) groups is 2. The first-order valence-corrected chi connectivity index (χ1v) is 8.19. The van der Waals surface area contributed by atoms with Crippen LogP contribution in [0.5, 0.6) is 11.5 Å². The van der Waals surface area contributed by atoms with Gasteiger partial charge in [-0.05, 0) is 19.1 Å². The minimum absolute atomic E-state index is 0.0878. The molecule has 26 heavy (non-hydrogen) atoms. The zero-order valence-corrected chi connectivity index (χ0v) is 14.8. The van der Waals surface area contributed by atoms with E-state index in [0.717, 1.165) is 0 Å². The van der Waals surface area contributed by atoms with Crippen molar-refractivity contribution in [2.45, 2.75) is 13.8 Å². The van der Waals surface area contributed by atoms with Gasteiger partial charge in [0, 0.05) is 19.7 Å². The second-order valence-corrected chi connectivity index (χ2v) is 6.19. The van der Waals surface area contributed by atoms with Gasteiger partial charge in [0.05, 0.1) is 17.3 Å². The van der Waals surface area contributed by atoms with Gasteiger partial charge in [0.15, 0.2) is 17.2 Å². The summed E-state index contributed by atoms with van der Waals surface area (Å²) in [7, 11) is 1.55. The minimum atomic E-state index is -0.957. The van der Waals surface area contributed by atoms with E-state index in [1.54, 1.807) is 43.8 Å². The van der Waals surface area contributed by atoms with Crippen molar-refractivity contribution in [3.05, 3.63) is 29.6 Å². The molecule has 0 aliphatic carbocycles. The average Bonchev–Trinajstić information content (AvgIpc) is 3.01. The molecule has 2 heterocycles. The number of aliphatic carboxylic acids is 1. The summed E-state index contributed by atoms with van der Waals surface area (Å²) in [6, 6.07) is 5.37. The van der Waals surface area contributed by atoms with Crippen molar-refractivity contribution in [3.8, 4) is 17.2 Å². The zero-order chi connectivity index (χ0) is 18.8. The molecular weight excluding hydrogens is 340 g/mol. The number of benzene rings is 1. The number of carboxylic acid groups (broad SMARTS) is 1. The Kier molecular flexibility index (Phi) is 4.79. The number of ether oxygens (including phenoxy) is 2. The molecule has 1 aliphatic rings. The highest BCUT2D eigenvalue weighted by molar-refractivity contribution is 5.93. The summed E-state index contributed by atoms with van der Waals surface area (Å²) >= 11 is 0. The summed E-state index contributed by atoms with van der Waals surface area (Å²) in [5.74, 6) is -0.724. The van der Waals surface area contributed by atoms with E-state index in [4.69, 9.17) is 14.6 Å². The van der Waals surface area contributed by atoms with Crippen molar-refractivity contribution >= 4 is 11.9 Å². The first-order chi connectivity index (χ1) is 12.4. The van der Waals surface area contributed by atoms with Gasteiger partial charge in [-0.3, -0.25) is 9.59 Å². The SMILES string of the molecule is Cc1c(C(=O)N(C)CC(C)C(=O)O)nnn1-c1ccc2c(c1)OCCO2. The molecule has 1 aromatic carbocycles. The average molecular weight is 360 g/mol. The fourth-order valence-electron chi connectivity index (χ4n) is 2.69. The smallest absolute Gasteiger partial charge is 0.308 e. The highest BCUT2D eigenvalue weighted by Gasteiger charge is 2.24. The summed E-state index contributed by atoms with van der Waals surface area (Å²) in [6.07, 6.45) is 0. The summed E-state index contributed by atoms with van der Waals surface area (Å²) < 4.78 is 12.6. The van der Waals surface area contributed by atoms with Gasteiger partial charge < -0.3 is 19.5 Å². The van der Waals surface area contributed by atoms with Crippen molar-refractivity contribution in [1.29, 1.82) is 0 Å². The predicted octanol–water partition coefficient (Wildman–Crippen LogP) is 1.14. The molecule has 0 saturated carbocycles. The van der Waals surface area contributed by atoms with Gasteiger partial charge in [-0.25, -0.2) is 4.68 Å². The normalized spacial score (nSPS) is 14.0. The van der Waals surface area contributed by atoms with Gasteiger partial charge in [-0.15, -0.1) is 5.10 Å². The van der Waals surface area contributed by atoms with Crippen molar-refractivity contribution in [1.82, 2.24) is 19.9 Å². The van der Waals surface area contributed by atoms with E-state index >= 15 is 0 Å². The lowest BCUT2D eigenvalue weighted by Crippen LogP contribution is -2.34. The van der Waals surface area contributed by atoms with Gasteiger partial charge in [-0.2, -0.15) is 0 Å². The molecule has 138 valence electrons. The third kappa shape index (κ3) is 3.32. The van der Waals surface area contributed by atoms with Crippen LogP contribution in [0.15, 0.2) is 18.2 Å². The summed E-state index contributed by atoms with van der Waals surface area (Å²) in [5, 5.41) is 17.0. The molecule has 1 unspecified atom stereocenters. The summed E-state index contributed by atoms with van der Waals surface area (Å²) in [6.45, 7) is 4.35. The first kappa shape index (κ1) is 17.7. The Morgan fingerprint density at radius 3 is 2.69 bits per heavy atom. The molecule has 1 amide bonds. The fraction of sp³-hybridized carbons (Fsp3) is 0.412. The molecule has 0 fully saturated rings. The second kappa shape index (κ2) is 7.03. The number of fused-ring (bicyclic) bond motifs is 1. The Balaban J connectivity index is 1.84. The van der Waals surface area contributed by atoms with E-state index in [0.29, 0.717) is 36.1 Å². The number of amides is 1. The minimum Gasteiger partial charge on any atom is -0.486 e. The lowest BCUT2D eigenvalue weighted by Gasteiger charge is -2.19. The van der Waals surface area contributed by atoms with Crippen LogP contribution < -0.4 is 9.47 Å². The summed E-state index contributed by atoms with van der Waals surface area (Å²) in [5.41, 5.74) is 1.43. The van der Waals surface area contributed by atoms with E-state index in [9.17, 15) is 9.59 Å². The molecule has 0 saturated heterocycles. The lowest BCUT2D eigenvalue weighted by molar-refractivity contribution is -0.141. The maximum Gasteiger partial charge on any atom is 0.308 e. The number of carboxylic acids is 1. The molecule has 0 bridgehead atoms. The molecule has 1 atom stereocenters. The number of hydrogen-bond donors (Lipinski definition) is 1. The lowest BCUT2D eigenvalue weighted by atomic mass is 10.1. The Morgan fingerprint density at radius 1 is 1.31 bits per heavy atom. The molecule has 9 heteroatoms. The highest BCUT2D eigenvalue weighted by Crippen LogP contribution is 2.32. The number of aromatic nitrogens is 3. The van der Waals surface area contributed by atoms with E-state index in [1.807, 2.05) is 0 Å². The van der Waals surface area contributed by atoms with Crippen LogP contribution in [0.3, 0.4) is 0 Å². The monoisotopic (exact) mass is 360 g/mol. The molecule has 9 nitrogen and oxygen atoms in total. The number of rotatable bonds is 5. The highest BCUT2D eigenvalue weighted by atomic mass is 16.6. The maximum absolute atomic E-state index is 12.6. The Morgan fingerprint density at radius 2 is 2.00 bits per heavy atom. The van der Waals surface area contributed by atoms with Crippen LogP contribution in [-0.2, 0) is 4.79 Å². The zero-order valence-electron chi connectivity index (χ0n) is 14.8. The molecule has 3 rings (SSSR count). The van der Waals surface area contributed by atoms with Crippen molar-refractivity contribution in [3.63, 3.8) is 0 Å². The van der Waals surface area contributed by atoms with Gasteiger partial charge in [0.1, 0.15) is 13.2 Å². The first-order valence-electron chi connectivity index (χ1n) is 8.19. The van der Waals surface area contributed by atoms with Crippen LogP contribution in [0.25, 0.3) is 5.69 Å². The topological polar surface area (TPSA) is 107 Å². The summed E-state index contributed by atoms with van der Waals surface area (Å²) in [4.78, 5) is 24.9. The van der Waals surface area contributed by atoms with E-state index < -0.39 is 11.9 Å². The third-order valence-electron chi connectivity index (χ3n) is 4.18. The van der Waals surface area contributed by atoms with E-state index in [1.165, 1.54) is 4.90 Å². The Labute approximate surface area is 150 Å². The van der Waals surface area contributed by atoms with Gasteiger partial charge in [-0.1, -0.05) is 12.1 Å². The van der Waals surface area contributed by atoms with Crippen LogP contribution in [0.4, 0.5) is 0 Å².